The van der Waals surface area contributed by atoms with E-state index in [2.05, 4.69) is 10.1 Å². The highest BCUT2D eigenvalue weighted by molar-refractivity contribution is 6.75. The summed E-state index contributed by atoms with van der Waals surface area (Å²) in [5.74, 6) is -0.512. The molecule has 0 saturated heterocycles. The van der Waals surface area contributed by atoms with E-state index >= 15 is 0 Å². The summed E-state index contributed by atoms with van der Waals surface area (Å²) < 4.78 is 10.2. The van der Waals surface area contributed by atoms with Gasteiger partial charge in [-0.15, -0.1) is 0 Å². The minimum absolute atomic E-state index is 0.0561. The molecule has 0 aliphatic carbocycles. The molecule has 1 unspecified atom stereocenters. The lowest BCUT2D eigenvalue weighted by molar-refractivity contribution is -0.144. The van der Waals surface area contributed by atoms with Crippen molar-refractivity contribution in [3.8, 4) is 0 Å². The molecule has 1 amide bonds. The molecule has 6 heteroatoms. The lowest BCUT2D eigenvalue weighted by atomic mass is 10.1. The Labute approximate surface area is 117 Å². The molecule has 0 aliphatic rings. The van der Waals surface area contributed by atoms with Gasteiger partial charge in [-0.25, -0.2) is 9.59 Å². The van der Waals surface area contributed by atoms with E-state index in [1.807, 2.05) is 47.7 Å². The monoisotopic (exact) mass is 289 g/mol. The molecular formula is C13H27NO4Si. The quantitative estimate of drug-likeness (QED) is 0.638. The van der Waals surface area contributed by atoms with Crippen LogP contribution in [0, 0.1) is 5.92 Å². The molecule has 5 nitrogen and oxygen atoms in total. The predicted molar refractivity (Wildman–Crippen MR) is 77.5 cm³/mol. The molecule has 19 heavy (non-hydrogen) atoms. The summed E-state index contributed by atoms with van der Waals surface area (Å²) in [6.45, 7) is 13.8. The second-order valence-corrected chi connectivity index (χ2v) is 11.3. The summed E-state index contributed by atoms with van der Waals surface area (Å²) >= 11 is 0. The number of ether oxygens (including phenoxy) is 1. The molecule has 0 aliphatic heterocycles. The largest absolute Gasteiger partial charge is 0.504 e. The Kier molecular flexibility index (Phi) is 6.06. The number of nitrogens with one attached hydrogen (secondary N) is 1. The van der Waals surface area contributed by atoms with E-state index in [9.17, 15) is 9.59 Å². The van der Waals surface area contributed by atoms with Crippen LogP contribution < -0.4 is 5.32 Å². The number of esters is 1. The van der Waals surface area contributed by atoms with E-state index in [0.29, 0.717) is 0 Å². The molecule has 0 rings (SSSR count). The molecule has 0 saturated carbocycles. The Morgan fingerprint density at radius 2 is 1.63 bits per heavy atom. The first-order valence-electron chi connectivity index (χ1n) is 6.49. The maximum Gasteiger partial charge on any atom is 0.394 e. The van der Waals surface area contributed by atoms with Gasteiger partial charge in [0.2, 0.25) is 0 Å². The molecule has 0 fully saturated rings. The minimum atomic E-state index is -2.18. The van der Waals surface area contributed by atoms with Crippen LogP contribution in [0.15, 0.2) is 0 Å². The van der Waals surface area contributed by atoms with Gasteiger partial charge in [0.15, 0.2) is 0 Å². The highest BCUT2D eigenvalue weighted by atomic mass is 28.4. The Morgan fingerprint density at radius 1 is 1.16 bits per heavy atom. The summed E-state index contributed by atoms with van der Waals surface area (Å²) in [7, 11) is -0.875. The second-order valence-electron chi connectivity index (χ2n) is 6.54. The van der Waals surface area contributed by atoms with Crippen LogP contribution in [0.1, 0.15) is 34.6 Å². The van der Waals surface area contributed by atoms with E-state index in [0.717, 1.165) is 0 Å². The minimum Gasteiger partial charge on any atom is -0.504 e. The average molecular weight is 289 g/mol. The first-order valence-corrected chi connectivity index (χ1v) is 9.40. The van der Waals surface area contributed by atoms with Crippen LogP contribution in [0.5, 0.6) is 0 Å². The number of carbonyl (C=O) groups is 2. The number of rotatable bonds is 4. The van der Waals surface area contributed by atoms with Gasteiger partial charge in [0.05, 0.1) is 7.11 Å². The average Bonchev–Trinajstić information content (AvgIpc) is 2.22. The number of hydrogen-bond acceptors (Lipinski definition) is 4. The van der Waals surface area contributed by atoms with Crippen molar-refractivity contribution in [1.82, 2.24) is 5.32 Å². The van der Waals surface area contributed by atoms with Crippen molar-refractivity contribution < 1.29 is 18.8 Å². The maximum atomic E-state index is 11.9. The highest BCUT2D eigenvalue weighted by Gasteiger charge is 2.41. The third kappa shape index (κ3) is 5.22. The maximum absolute atomic E-state index is 11.9. The number of amides is 1. The van der Waals surface area contributed by atoms with Gasteiger partial charge < -0.3 is 14.5 Å². The van der Waals surface area contributed by atoms with Gasteiger partial charge in [0.25, 0.3) is 8.32 Å². The Bertz CT molecular complexity index is 334. The molecule has 0 bridgehead atoms. The molecule has 1 N–H and O–H groups in total. The number of methoxy groups -OCH3 is 1. The number of carbonyl (C=O) groups excluding carboxylic acids is 2. The van der Waals surface area contributed by atoms with Gasteiger partial charge in [-0.2, -0.15) is 0 Å². The van der Waals surface area contributed by atoms with Crippen molar-refractivity contribution in [2.75, 3.05) is 7.11 Å². The predicted octanol–water partition coefficient (Wildman–Crippen LogP) is 2.92. The van der Waals surface area contributed by atoms with Crippen LogP contribution >= 0.6 is 0 Å². The molecule has 0 heterocycles. The molecule has 0 spiro atoms. The molecule has 0 aromatic rings. The van der Waals surface area contributed by atoms with Crippen molar-refractivity contribution in [1.29, 1.82) is 0 Å². The van der Waals surface area contributed by atoms with Crippen molar-refractivity contribution in [2.45, 2.75) is 58.8 Å². The van der Waals surface area contributed by atoms with Crippen LogP contribution in [-0.2, 0) is 14.0 Å². The van der Waals surface area contributed by atoms with Crippen molar-refractivity contribution in [2.24, 2.45) is 5.92 Å². The fraction of sp³-hybridized carbons (Fsp3) is 0.846. The molecule has 1 atom stereocenters. The van der Waals surface area contributed by atoms with Crippen LogP contribution in [0.3, 0.4) is 0 Å². The van der Waals surface area contributed by atoms with Crippen LogP contribution in [-0.4, -0.2) is 33.5 Å². The Balaban J connectivity index is 4.73. The van der Waals surface area contributed by atoms with E-state index in [4.69, 9.17) is 4.43 Å². The second kappa shape index (κ2) is 6.41. The van der Waals surface area contributed by atoms with Gasteiger partial charge >= 0.3 is 12.1 Å². The fourth-order valence-corrected chi connectivity index (χ4v) is 1.99. The topological polar surface area (TPSA) is 64.6 Å². The van der Waals surface area contributed by atoms with E-state index in [1.165, 1.54) is 7.11 Å². The molecule has 0 aromatic carbocycles. The Morgan fingerprint density at radius 3 is 1.95 bits per heavy atom. The number of hydrogen-bond donors (Lipinski definition) is 1. The molecule has 0 aromatic heterocycles. The van der Waals surface area contributed by atoms with E-state index in [1.54, 1.807) is 0 Å². The lowest BCUT2D eigenvalue weighted by Gasteiger charge is -2.35. The van der Waals surface area contributed by atoms with Crippen molar-refractivity contribution in [3.63, 3.8) is 0 Å². The third-order valence-electron chi connectivity index (χ3n) is 3.55. The zero-order valence-electron chi connectivity index (χ0n) is 13.3. The zero-order chi connectivity index (χ0) is 15.4. The van der Waals surface area contributed by atoms with Gasteiger partial charge in [0, 0.05) is 0 Å². The Hall–Kier alpha value is -1.04. The summed E-state index contributed by atoms with van der Waals surface area (Å²) in [5.41, 5.74) is 0. The van der Waals surface area contributed by atoms with Gasteiger partial charge in [0.1, 0.15) is 6.04 Å². The van der Waals surface area contributed by atoms with Crippen molar-refractivity contribution in [3.05, 3.63) is 0 Å². The zero-order valence-corrected chi connectivity index (χ0v) is 14.3. The summed E-state index contributed by atoms with van der Waals surface area (Å²) in [6.07, 6.45) is -0.546. The van der Waals surface area contributed by atoms with E-state index in [-0.39, 0.29) is 11.0 Å². The van der Waals surface area contributed by atoms with Gasteiger partial charge in [-0.3, -0.25) is 0 Å². The smallest absolute Gasteiger partial charge is 0.394 e. The van der Waals surface area contributed by atoms with E-state index < -0.39 is 26.4 Å². The summed E-state index contributed by atoms with van der Waals surface area (Å²) in [6, 6.07) is -0.678. The summed E-state index contributed by atoms with van der Waals surface area (Å²) in [4.78, 5) is 23.5. The molecule has 0 radical (unpaired) electrons. The van der Waals surface area contributed by atoms with Crippen LogP contribution in [0.4, 0.5) is 4.79 Å². The standard InChI is InChI=1S/C13H27NO4Si/c1-9(2)10(11(15)17-6)14-12(16)18-19(7,8)13(3,4)5/h9-10H,1-8H3,(H,14,16). The van der Waals surface area contributed by atoms with Crippen molar-refractivity contribution >= 4 is 20.4 Å². The normalized spacial score (nSPS) is 13.9. The summed E-state index contributed by atoms with van der Waals surface area (Å²) in [5, 5.41) is 2.53. The lowest BCUT2D eigenvalue weighted by Crippen LogP contribution is -2.50. The third-order valence-corrected chi connectivity index (χ3v) is 7.86. The van der Waals surface area contributed by atoms with Crippen LogP contribution in [0.25, 0.3) is 0 Å². The van der Waals surface area contributed by atoms with Gasteiger partial charge in [-0.05, 0) is 24.1 Å². The first-order chi connectivity index (χ1) is 8.42. The van der Waals surface area contributed by atoms with Gasteiger partial charge in [-0.1, -0.05) is 34.6 Å². The SMILES string of the molecule is COC(=O)C(NC(=O)O[Si](C)(C)C(C)(C)C)C(C)C. The van der Waals surface area contributed by atoms with Crippen LogP contribution in [0.2, 0.25) is 18.1 Å². The molecule has 112 valence electrons. The first kappa shape index (κ1) is 18.0. The molecular weight excluding hydrogens is 262 g/mol. The highest BCUT2D eigenvalue weighted by Crippen LogP contribution is 2.36. The fourth-order valence-electron chi connectivity index (χ4n) is 1.17.